The van der Waals surface area contributed by atoms with E-state index in [0.717, 1.165) is 16.7 Å². The van der Waals surface area contributed by atoms with E-state index >= 15 is 0 Å². The first-order chi connectivity index (χ1) is 10.1. The average Bonchev–Trinajstić information content (AvgIpc) is 2.90. The molecule has 1 aliphatic heterocycles. The molecule has 1 amide bonds. The topological polar surface area (TPSA) is 29.1 Å². The van der Waals surface area contributed by atoms with E-state index in [1.54, 1.807) is 30.3 Å². The van der Waals surface area contributed by atoms with Crippen molar-refractivity contribution in [3.63, 3.8) is 0 Å². The Labute approximate surface area is 120 Å². The van der Waals surface area contributed by atoms with E-state index in [0.29, 0.717) is 5.70 Å². The van der Waals surface area contributed by atoms with Gasteiger partial charge in [-0.05, 0) is 41.5 Å². The van der Waals surface area contributed by atoms with Crippen LogP contribution in [0.2, 0.25) is 0 Å². The van der Waals surface area contributed by atoms with Crippen LogP contribution in [0.3, 0.4) is 0 Å². The Hall–Kier alpha value is -2.75. The molecule has 2 aromatic rings. The molecular weight excluding hydrogens is 272 g/mol. The standard InChI is InChI=1S/C17H11F2NO/c18-13-5-1-11(2-6-13)17(15-9-10-16(21)20-15)12-3-7-14(19)8-4-12/h1-10H,(H,20,21). The summed E-state index contributed by atoms with van der Waals surface area (Å²) in [6, 6.07) is 11.9. The first kappa shape index (κ1) is 13.2. The summed E-state index contributed by atoms with van der Waals surface area (Å²) < 4.78 is 26.2. The van der Waals surface area contributed by atoms with Gasteiger partial charge in [0.25, 0.3) is 0 Å². The summed E-state index contributed by atoms with van der Waals surface area (Å²) in [4.78, 5) is 11.4. The maximum atomic E-state index is 13.1. The zero-order valence-corrected chi connectivity index (χ0v) is 10.9. The van der Waals surface area contributed by atoms with Gasteiger partial charge in [-0.1, -0.05) is 24.3 Å². The molecule has 21 heavy (non-hydrogen) atoms. The normalized spacial score (nSPS) is 13.4. The van der Waals surface area contributed by atoms with Crippen molar-refractivity contribution in [2.75, 3.05) is 0 Å². The molecule has 0 fully saturated rings. The molecule has 1 N–H and O–H groups in total. The lowest BCUT2D eigenvalue weighted by atomic mass is 9.96. The Morgan fingerprint density at radius 2 is 1.24 bits per heavy atom. The van der Waals surface area contributed by atoms with Crippen molar-refractivity contribution in [1.29, 1.82) is 0 Å². The van der Waals surface area contributed by atoms with Crippen molar-refractivity contribution in [2.24, 2.45) is 0 Å². The van der Waals surface area contributed by atoms with Crippen molar-refractivity contribution in [3.8, 4) is 0 Å². The smallest absolute Gasteiger partial charge is 0.248 e. The lowest BCUT2D eigenvalue weighted by Gasteiger charge is -2.12. The zero-order chi connectivity index (χ0) is 14.8. The van der Waals surface area contributed by atoms with Crippen LogP contribution in [-0.4, -0.2) is 5.91 Å². The van der Waals surface area contributed by atoms with Crippen LogP contribution in [0.25, 0.3) is 5.57 Å². The van der Waals surface area contributed by atoms with Gasteiger partial charge in [-0.3, -0.25) is 4.79 Å². The number of rotatable bonds is 2. The molecule has 0 unspecified atom stereocenters. The Balaban J connectivity index is 2.16. The van der Waals surface area contributed by atoms with Gasteiger partial charge >= 0.3 is 0 Å². The molecule has 0 aromatic heterocycles. The van der Waals surface area contributed by atoms with E-state index in [1.807, 2.05) is 0 Å². The van der Waals surface area contributed by atoms with Crippen molar-refractivity contribution < 1.29 is 13.6 Å². The number of halogens is 2. The highest BCUT2D eigenvalue weighted by atomic mass is 19.1. The predicted octanol–water partition coefficient (Wildman–Crippen LogP) is 3.41. The summed E-state index contributed by atoms with van der Waals surface area (Å²) in [6.07, 6.45) is 3.08. The number of allylic oxidation sites excluding steroid dienone is 1. The maximum Gasteiger partial charge on any atom is 0.248 e. The Kier molecular flexibility index (Phi) is 3.36. The molecular formula is C17H11F2NO. The van der Waals surface area contributed by atoms with Crippen molar-refractivity contribution >= 4 is 11.5 Å². The van der Waals surface area contributed by atoms with Crippen LogP contribution >= 0.6 is 0 Å². The first-order valence-electron chi connectivity index (χ1n) is 6.39. The summed E-state index contributed by atoms with van der Waals surface area (Å²) in [5.74, 6) is -0.895. The second-order valence-electron chi connectivity index (χ2n) is 4.63. The number of amides is 1. The molecule has 104 valence electrons. The molecule has 3 rings (SSSR count). The minimum atomic E-state index is -0.340. The molecule has 1 heterocycles. The number of nitrogens with one attached hydrogen (secondary N) is 1. The highest BCUT2D eigenvalue weighted by Crippen LogP contribution is 2.28. The molecule has 0 bridgehead atoms. The van der Waals surface area contributed by atoms with E-state index < -0.39 is 0 Å². The van der Waals surface area contributed by atoms with Gasteiger partial charge in [0.1, 0.15) is 11.6 Å². The zero-order valence-electron chi connectivity index (χ0n) is 10.9. The SMILES string of the molecule is O=C1C=CC(=C(c2ccc(F)cc2)c2ccc(F)cc2)N1. The summed E-state index contributed by atoms with van der Waals surface area (Å²) in [5, 5.41) is 2.72. The van der Waals surface area contributed by atoms with E-state index in [1.165, 1.54) is 30.3 Å². The third-order valence-electron chi connectivity index (χ3n) is 3.19. The van der Waals surface area contributed by atoms with Crippen LogP contribution in [0.1, 0.15) is 11.1 Å². The minimum Gasteiger partial charge on any atom is -0.322 e. The quantitative estimate of drug-likeness (QED) is 0.899. The van der Waals surface area contributed by atoms with Gasteiger partial charge in [0, 0.05) is 17.3 Å². The fourth-order valence-corrected chi connectivity index (χ4v) is 2.23. The fourth-order valence-electron chi connectivity index (χ4n) is 2.23. The van der Waals surface area contributed by atoms with Crippen LogP contribution in [0.4, 0.5) is 8.78 Å². The summed E-state index contributed by atoms with van der Waals surface area (Å²) in [7, 11) is 0. The maximum absolute atomic E-state index is 13.1. The lowest BCUT2D eigenvalue weighted by molar-refractivity contribution is -0.115. The van der Waals surface area contributed by atoms with Gasteiger partial charge in [0.15, 0.2) is 0 Å². The Morgan fingerprint density at radius 3 is 1.62 bits per heavy atom. The van der Waals surface area contributed by atoms with Gasteiger partial charge in [-0.15, -0.1) is 0 Å². The number of hydrogen-bond donors (Lipinski definition) is 1. The van der Waals surface area contributed by atoms with Gasteiger partial charge in [-0.2, -0.15) is 0 Å². The molecule has 0 spiro atoms. The van der Waals surface area contributed by atoms with Gasteiger partial charge in [-0.25, -0.2) is 8.78 Å². The number of carbonyl (C=O) groups is 1. The molecule has 0 saturated heterocycles. The van der Waals surface area contributed by atoms with Crippen LogP contribution in [0.5, 0.6) is 0 Å². The number of carbonyl (C=O) groups excluding carboxylic acids is 1. The van der Waals surface area contributed by atoms with Gasteiger partial charge in [0.2, 0.25) is 5.91 Å². The first-order valence-corrected chi connectivity index (χ1v) is 6.39. The minimum absolute atomic E-state index is 0.216. The van der Waals surface area contributed by atoms with Crippen molar-refractivity contribution in [3.05, 3.63) is 89.1 Å². The molecule has 0 atom stereocenters. The molecule has 1 aliphatic rings. The fraction of sp³-hybridized carbons (Fsp3) is 0. The largest absolute Gasteiger partial charge is 0.322 e. The third kappa shape index (κ3) is 2.74. The summed E-state index contributed by atoms with van der Waals surface area (Å²) in [5.41, 5.74) is 2.81. The van der Waals surface area contributed by atoms with E-state index in [9.17, 15) is 13.6 Å². The number of hydrogen-bond acceptors (Lipinski definition) is 1. The molecule has 2 nitrogen and oxygen atoms in total. The summed E-state index contributed by atoms with van der Waals surface area (Å²) >= 11 is 0. The Morgan fingerprint density at radius 1 is 0.762 bits per heavy atom. The molecule has 2 aromatic carbocycles. The van der Waals surface area contributed by atoms with Gasteiger partial charge in [0.05, 0.1) is 0 Å². The predicted molar refractivity (Wildman–Crippen MR) is 76.1 cm³/mol. The summed E-state index contributed by atoms with van der Waals surface area (Å²) in [6.45, 7) is 0. The highest BCUT2D eigenvalue weighted by molar-refractivity contribution is 5.97. The number of benzene rings is 2. The van der Waals surface area contributed by atoms with Crippen molar-refractivity contribution in [2.45, 2.75) is 0 Å². The molecule has 0 saturated carbocycles. The molecule has 0 radical (unpaired) electrons. The lowest BCUT2D eigenvalue weighted by Crippen LogP contribution is -2.14. The second kappa shape index (κ2) is 5.32. The van der Waals surface area contributed by atoms with E-state index in [4.69, 9.17) is 0 Å². The van der Waals surface area contributed by atoms with E-state index in [2.05, 4.69) is 5.32 Å². The van der Waals surface area contributed by atoms with Gasteiger partial charge < -0.3 is 5.32 Å². The van der Waals surface area contributed by atoms with Crippen LogP contribution in [0, 0.1) is 11.6 Å². The highest BCUT2D eigenvalue weighted by Gasteiger charge is 2.16. The molecule has 4 heteroatoms. The second-order valence-corrected chi connectivity index (χ2v) is 4.63. The Bertz CT molecular complexity index is 696. The average molecular weight is 283 g/mol. The van der Waals surface area contributed by atoms with E-state index in [-0.39, 0.29) is 17.5 Å². The monoisotopic (exact) mass is 283 g/mol. The van der Waals surface area contributed by atoms with Crippen molar-refractivity contribution in [1.82, 2.24) is 5.32 Å². The van der Waals surface area contributed by atoms with Crippen LogP contribution < -0.4 is 5.32 Å². The van der Waals surface area contributed by atoms with Crippen LogP contribution in [-0.2, 0) is 4.79 Å². The molecule has 0 aliphatic carbocycles. The third-order valence-corrected chi connectivity index (χ3v) is 3.19. The van der Waals surface area contributed by atoms with Crippen LogP contribution in [0.15, 0.2) is 66.4 Å².